The van der Waals surface area contributed by atoms with Crippen LogP contribution >= 0.6 is 0 Å². The maximum atomic E-state index is 12.3. The van der Waals surface area contributed by atoms with E-state index in [-0.39, 0.29) is 11.9 Å². The van der Waals surface area contributed by atoms with Gasteiger partial charge in [-0.15, -0.1) is 0 Å². The number of benzene rings is 1. The Bertz CT molecular complexity index is 609. The van der Waals surface area contributed by atoms with Crippen LogP contribution in [-0.2, 0) is 0 Å². The molecule has 1 saturated heterocycles. The molecule has 3 rings (SSSR count). The van der Waals surface area contributed by atoms with Crippen LogP contribution in [0, 0.1) is 0 Å². The SMILES string of the molecule is O=C(NCC(c1ccccc1)N1CCCCC1)c1cccnc1. The summed E-state index contributed by atoms with van der Waals surface area (Å²) >= 11 is 0. The average Bonchev–Trinajstić information content (AvgIpc) is 2.64. The molecule has 23 heavy (non-hydrogen) atoms. The van der Waals surface area contributed by atoms with Gasteiger partial charge in [0.05, 0.1) is 11.6 Å². The number of aromatic nitrogens is 1. The second-order valence-corrected chi connectivity index (χ2v) is 5.97. The van der Waals surface area contributed by atoms with Crippen molar-refractivity contribution in [2.75, 3.05) is 19.6 Å². The molecule has 0 aliphatic carbocycles. The predicted molar refractivity (Wildman–Crippen MR) is 91.2 cm³/mol. The molecule has 1 aliphatic heterocycles. The van der Waals surface area contributed by atoms with Crippen molar-refractivity contribution >= 4 is 5.91 Å². The summed E-state index contributed by atoms with van der Waals surface area (Å²) in [7, 11) is 0. The van der Waals surface area contributed by atoms with E-state index in [0.29, 0.717) is 12.1 Å². The van der Waals surface area contributed by atoms with Gasteiger partial charge in [0, 0.05) is 18.9 Å². The van der Waals surface area contributed by atoms with Gasteiger partial charge in [0.15, 0.2) is 0 Å². The molecule has 120 valence electrons. The van der Waals surface area contributed by atoms with Crippen LogP contribution in [0.5, 0.6) is 0 Å². The van der Waals surface area contributed by atoms with Gasteiger partial charge >= 0.3 is 0 Å². The van der Waals surface area contributed by atoms with Crippen LogP contribution in [-0.4, -0.2) is 35.4 Å². The summed E-state index contributed by atoms with van der Waals surface area (Å²) in [5, 5.41) is 3.07. The van der Waals surface area contributed by atoms with Gasteiger partial charge in [-0.25, -0.2) is 0 Å². The number of amides is 1. The van der Waals surface area contributed by atoms with Gasteiger partial charge in [0.25, 0.3) is 5.91 Å². The first-order valence-corrected chi connectivity index (χ1v) is 8.32. The van der Waals surface area contributed by atoms with E-state index in [0.717, 1.165) is 13.1 Å². The normalized spacial score (nSPS) is 16.7. The number of nitrogens with one attached hydrogen (secondary N) is 1. The van der Waals surface area contributed by atoms with Crippen LogP contribution in [0.25, 0.3) is 0 Å². The van der Waals surface area contributed by atoms with Crippen molar-refractivity contribution in [2.45, 2.75) is 25.3 Å². The number of rotatable bonds is 5. The number of carbonyl (C=O) groups is 1. The van der Waals surface area contributed by atoms with Crippen LogP contribution < -0.4 is 5.32 Å². The largest absolute Gasteiger partial charge is 0.350 e. The predicted octanol–water partition coefficient (Wildman–Crippen LogP) is 3.04. The van der Waals surface area contributed by atoms with Gasteiger partial charge in [-0.05, 0) is 43.6 Å². The molecular formula is C19H23N3O. The molecule has 2 heterocycles. The number of hydrogen-bond acceptors (Lipinski definition) is 3. The molecule has 1 fully saturated rings. The fourth-order valence-electron chi connectivity index (χ4n) is 3.15. The third-order valence-electron chi connectivity index (χ3n) is 4.40. The maximum Gasteiger partial charge on any atom is 0.252 e. The zero-order valence-corrected chi connectivity index (χ0v) is 13.3. The Morgan fingerprint density at radius 3 is 2.57 bits per heavy atom. The van der Waals surface area contributed by atoms with Crippen molar-refractivity contribution < 1.29 is 4.79 Å². The van der Waals surface area contributed by atoms with Gasteiger partial charge in [0.1, 0.15) is 0 Å². The Morgan fingerprint density at radius 1 is 1.09 bits per heavy atom. The summed E-state index contributed by atoms with van der Waals surface area (Å²) < 4.78 is 0. The van der Waals surface area contributed by atoms with Crippen molar-refractivity contribution in [3.8, 4) is 0 Å². The molecule has 1 aliphatic rings. The molecule has 4 nitrogen and oxygen atoms in total. The molecule has 0 bridgehead atoms. The summed E-state index contributed by atoms with van der Waals surface area (Å²) in [4.78, 5) is 18.8. The van der Waals surface area contributed by atoms with E-state index in [2.05, 4.69) is 39.5 Å². The minimum absolute atomic E-state index is 0.0592. The monoisotopic (exact) mass is 309 g/mol. The van der Waals surface area contributed by atoms with E-state index in [1.54, 1.807) is 24.5 Å². The maximum absolute atomic E-state index is 12.3. The van der Waals surface area contributed by atoms with Gasteiger partial charge in [-0.3, -0.25) is 14.7 Å². The fraction of sp³-hybridized carbons (Fsp3) is 0.368. The van der Waals surface area contributed by atoms with Crippen molar-refractivity contribution in [1.82, 2.24) is 15.2 Å². The minimum Gasteiger partial charge on any atom is -0.350 e. The topological polar surface area (TPSA) is 45.2 Å². The molecule has 1 aromatic heterocycles. The smallest absolute Gasteiger partial charge is 0.252 e. The lowest BCUT2D eigenvalue weighted by Gasteiger charge is -2.35. The molecule has 1 amide bonds. The molecule has 0 radical (unpaired) electrons. The quantitative estimate of drug-likeness (QED) is 0.923. The van der Waals surface area contributed by atoms with Gasteiger partial charge in [-0.2, -0.15) is 0 Å². The fourth-order valence-corrected chi connectivity index (χ4v) is 3.15. The summed E-state index contributed by atoms with van der Waals surface area (Å²) in [5.74, 6) is -0.0592. The first kappa shape index (κ1) is 15.7. The zero-order valence-electron chi connectivity index (χ0n) is 13.3. The van der Waals surface area contributed by atoms with Gasteiger partial charge in [-0.1, -0.05) is 36.8 Å². The van der Waals surface area contributed by atoms with E-state index in [1.807, 2.05) is 6.07 Å². The summed E-state index contributed by atoms with van der Waals surface area (Å²) in [6.45, 7) is 2.82. The Hall–Kier alpha value is -2.20. The summed E-state index contributed by atoms with van der Waals surface area (Å²) in [5.41, 5.74) is 1.87. The van der Waals surface area contributed by atoms with Crippen LogP contribution in [0.1, 0.15) is 41.2 Å². The highest BCUT2D eigenvalue weighted by molar-refractivity contribution is 5.93. The molecular weight excluding hydrogens is 286 g/mol. The average molecular weight is 309 g/mol. The lowest BCUT2D eigenvalue weighted by atomic mass is 10.0. The number of hydrogen-bond donors (Lipinski definition) is 1. The first-order valence-electron chi connectivity index (χ1n) is 8.32. The third-order valence-corrected chi connectivity index (χ3v) is 4.40. The number of carbonyl (C=O) groups excluding carboxylic acids is 1. The number of piperidine rings is 1. The van der Waals surface area contributed by atoms with Gasteiger partial charge < -0.3 is 5.32 Å². The first-order chi connectivity index (χ1) is 11.3. The van der Waals surface area contributed by atoms with Crippen LogP contribution in [0.15, 0.2) is 54.9 Å². The van der Waals surface area contributed by atoms with Crippen molar-refractivity contribution in [1.29, 1.82) is 0 Å². The number of nitrogens with zero attached hydrogens (tertiary/aromatic N) is 2. The van der Waals surface area contributed by atoms with E-state index in [4.69, 9.17) is 0 Å². The van der Waals surface area contributed by atoms with Gasteiger partial charge in [0.2, 0.25) is 0 Å². The molecule has 0 spiro atoms. The summed E-state index contributed by atoms with van der Waals surface area (Å²) in [6, 6.07) is 14.3. The summed E-state index contributed by atoms with van der Waals surface area (Å²) in [6.07, 6.45) is 7.06. The molecule has 4 heteroatoms. The molecule has 1 aromatic carbocycles. The Morgan fingerprint density at radius 2 is 1.87 bits per heavy atom. The van der Waals surface area contributed by atoms with Crippen molar-refractivity contribution in [2.24, 2.45) is 0 Å². The highest BCUT2D eigenvalue weighted by Crippen LogP contribution is 2.24. The third kappa shape index (κ3) is 4.17. The molecule has 1 unspecified atom stereocenters. The Kier molecular flexibility index (Phi) is 5.37. The highest BCUT2D eigenvalue weighted by Gasteiger charge is 2.22. The van der Waals surface area contributed by atoms with E-state index in [1.165, 1.54) is 24.8 Å². The van der Waals surface area contributed by atoms with Crippen molar-refractivity contribution in [3.05, 3.63) is 66.0 Å². The molecule has 2 aromatic rings. The Balaban J connectivity index is 1.70. The zero-order chi connectivity index (χ0) is 15.9. The highest BCUT2D eigenvalue weighted by atomic mass is 16.1. The second-order valence-electron chi connectivity index (χ2n) is 5.97. The Labute approximate surface area is 137 Å². The molecule has 0 saturated carbocycles. The molecule has 1 atom stereocenters. The number of pyridine rings is 1. The minimum atomic E-state index is -0.0592. The van der Waals surface area contributed by atoms with Crippen molar-refractivity contribution in [3.63, 3.8) is 0 Å². The van der Waals surface area contributed by atoms with Crippen LogP contribution in [0.3, 0.4) is 0 Å². The standard InChI is InChI=1S/C19H23N3O/c23-19(17-10-7-11-20-14-17)21-15-18(16-8-3-1-4-9-16)22-12-5-2-6-13-22/h1,3-4,7-11,14,18H,2,5-6,12-13,15H2,(H,21,23). The van der Waals surface area contributed by atoms with Crippen LogP contribution in [0.2, 0.25) is 0 Å². The second kappa shape index (κ2) is 7.88. The van der Waals surface area contributed by atoms with Crippen LogP contribution in [0.4, 0.5) is 0 Å². The number of likely N-dealkylation sites (tertiary alicyclic amines) is 1. The van der Waals surface area contributed by atoms with E-state index in [9.17, 15) is 4.79 Å². The van der Waals surface area contributed by atoms with E-state index < -0.39 is 0 Å². The van der Waals surface area contributed by atoms with E-state index >= 15 is 0 Å². The lowest BCUT2D eigenvalue weighted by molar-refractivity contribution is 0.0924. The lowest BCUT2D eigenvalue weighted by Crippen LogP contribution is -2.40. The molecule has 1 N–H and O–H groups in total.